The molecule has 0 saturated carbocycles. The number of methoxy groups -OCH3 is 2. The molecule has 0 bridgehead atoms. The first kappa shape index (κ1) is 142. The predicted molar refractivity (Wildman–Crippen MR) is 600 cm³/mol. The molecule has 0 saturated heterocycles. The summed E-state index contributed by atoms with van der Waals surface area (Å²) in [7, 11) is 2.95. The number of nitrogens with zero attached hydrogens (tertiary/aromatic N) is 4. The molecule has 44 heteroatoms. The molecule has 4 aromatic heterocycles. The Morgan fingerprint density at radius 2 is 0.825 bits per heavy atom. The van der Waals surface area contributed by atoms with Crippen LogP contribution in [0.5, 0.6) is 17.2 Å². The van der Waals surface area contributed by atoms with Gasteiger partial charge in [-0.3, -0.25) is 9.59 Å². The third-order valence-corrected chi connectivity index (χ3v) is 24.6. The summed E-state index contributed by atoms with van der Waals surface area (Å²) in [5.41, 5.74) is 5.83. The zero-order valence-electron chi connectivity index (χ0n) is 75.5. The first-order valence-corrected chi connectivity index (χ1v) is 51.4. The van der Waals surface area contributed by atoms with Crippen LogP contribution in [0.15, 0.2) is 277 Å². The van der Waals surface area contributed by atoms with Gasteiger partial charge in [-0.15, -0.1) is 11.8 Å². The Hall–Kier alpha value is -1.02. The van der Waals surface area contributed by atoms with E-state index in [9.17, 15) is 28.0 Å². The van der Waals surface area contributed by atoms with Gasteiger partial charge < -0.3 is 61.0 Å². The van der Waals surface area contributed by atoms with Crippen LogP contribution in [-0.4, -0.2) is 105 Å². The number of benzene rings is 9. The van der Waals surface area contributed by atoms with Gasteiger partial charge in [0.2, 0.25) is 0 Å². The van der Waals surface area contributed by atoms with Crippen LogP contribution in [0.25, 0.3) is 0 Å². The monoisotopic (exact) mass is 2960 g/mol. The molecule has 0 aliphatic rings. The third kappa shape index (κ3) is 60.9. The Balaban J connectivity index is -0.000000355. The van der Waals surface area contributed by atoms with Crippen molar-refractivity contribution in [1.82, 2.24) is 19.9 Å². The second-order valence-corrected chi connectivity index (χ2v) is 40.9. The molecule has 13 aromatic rings. The number of pyridine rings is 4. The summed E-state index contributed by atoms with van der Waals surface area (Å²) in [4.78, 5) is 59.3. The largest absolute Gasteiger partial charge is 2.00 e. The average molecular weight is 2970 g/mol. The van der Waals surface area contributed by atoms with E-state index in [-0.39, 0.29) is 156 Å². The van der Waals surface area contributed by atoms with Crippen LogP contribution in [0.1, 0.15) is 113 Å². The van der Waals surface area contributed by atoms with Crippen molar-refractivity contribution in [2.45, 2.75) is 77.6 Å². The van der Waals surface area contributed by atoms with E-state index in [1.807, 2.05) is 126 Å². The number of carboxylic acids is 1. The number of hydrogen-bond donors (Lipinski definition) is 3. The number of aromatic carboxylic acids is 1. The predicted octanol–water partition coefficient (Wildman–Crippen LogP) is 26.6. The van der Waals surface area contributed by atoms with Gasteiger partial charge in [0.05, 0.1) is 127 Å². The number of carbonyl (C=O) groups is 4. The third-order valence-electron chi connectivity index (χ3n) is 14.7. The molecule has 4 heterocycles. The topological polar surface area (TPSA) is 217 Å². The Morgan fingerprint density at radius 1 is 0.482 bits per heavy atom. The van der Waals surface area contributed by atoms with Crippen molar-refractivity contribution in [3.63, 3.8) is 0 Å². The number of carboxylic acid groups (broad SMARTS) is 1. The van der Waals surface area contributed by atoms with Crippen molar-refractivity contribution in [2.75, 3.05) is 14.2 Å². The summed E-state index contributed by atoms with van der Waals surface area (Å²) in [5, 5.41) is 29.2. The molecule has 3 N–H and O–H groups in total. The molecule has 0 fully saturated rings. The molecule has 719 valence electrons. The fourth-order valence-corrected chi connectivity index (χ4v) is 19.3. The quantitative estimate of drug-likeness (QED) is 0.0147. The summed E-state index contributed by atoms with van der Waals surface area (Å²) in [5.74, 6) is 1.90. The van der Waals surface area contributed by atoms with Gasteiger partial charge in [-0.25, -0.2) is 38.3 Å². The number of aliphatic hydroxyl groups is 2. The number of hydrogen-bond acceptors (Lipinski definition) is 15. The fourth-order valence-electron chi connectivity index (χ4n) is 8.45. The molecule has 0 spiro atoms. The summed E-state index contributed by atoms with van der Waals surface area (Å²) >= 11 is 91.9. The Morgan fingerprint density at radius 3 is 1.14 bits per heavy atom. The maximum atomic E-state index is 12.4. The zero-order valence-corrected chi connectivity index (χ0v) is 105. The number of carbonyl (C=O) groups excluding carboxylic acids is 3. The van der Waals surface area contributed by atoms with Gasteiger partial charge in [0, 0.05) is 52.1 Å². The van der Waals surface area contributed by atoms with Crippen LogP contribution < -0.4 is 79.6 Å². The second-order valence-electron chi connectivity index (χ2n) is 25.6. The van der Waals surface area contributed by atoms with E-state index in [1.165, 1.54) is 43.5 Å². The van der Waals surface area contributed by atoms with Crippen LogP contribution in [0.2, 0.25) is 50.2 Å². The molecular weight excluding hydrogens is 2890 g/mol. The normalized spacial score (nSPS) is 9.47. The van der Waals surface area contributed by atoms with Crippen molar-refractivity contribution in [3.05, 3.63) is 398 Å². The van der Waals surface area contributed by atoms with E-state index in [4.69, 9.17) is 146 Å². The smallest absolute Gasteiger partial charge is 1.00 e. The maximum absolute atomic E-state index is 12.4. The molecule has 15 nitrogen and oxygen atoms in total. The second kappa shape index (κ2) is 81.9. The van der Waals surface area contributed by atoms with E-state index in [2.05, 4.69) is 250 Å². The van der Waals surface area contributed by atoms with Gasteiger partial charge >= 0.3 is 83.4 Å². The number of esters is 1. The van der Waals surface area contributed by atoms with Gasteiger partial charge in [0.25, 0.3) is 0 Å². The minimum Gasteiger partial charge on any atom is -1.00 e. The minimum atomic E-state index is -1.13. The van der Waals surface area contributed by atoms with E-state index < -0.39 is 11.9 Å². The van der Waals surface area contributed by atoms with Gasteiger partial charge in [-0.2, -0.15) is 6.42 Å². The summed E-state index contributed by atoms with van der Waals surface area (Å²) in [6.07, 6.45) is 9.39. The van der Waals surface area contributed by atoms with Crippen LogP contribution in [0.4, 0.5) is 8.78 Å². The Kier molecular flexibility index (Phi) is 85.0. The summed E-state index contributed by atoms with van der Waals surface area (Å²) in [6, 6.07) is 62.3. The number of ether oxygens (including phenoxy) is 4. The molecule has 0 aliphatic carbocycles. The molecule has 9 aromatic carbocycles. The van der Waals surface area contributed by atoms with Crippen molar-refractivity contribution < 1.29 is 130 Å². The Bertz CT molecular complexity index is 5570. The van der Waals surface area contributed by atoms with Crippen LogP contribution in [0.3, 0.4) is 0 Å². The SMILES string of the molecule is Brc1cc(I)c(OCc2ccccc2)cn1.CC(C)C.COC(=O)c1c(Cl)cc(Br)cc1Cl.COc1ccc(CSc2cc(Br)ncc2OCc2ccccc2)cc1.Fc1ccc(Br)nc1.Fc1cnc(Br)cc1I.O=C(O)c1c(Cl)cc(Br)cc1Cl.O=Cc1c(Cl)cc(Br)cc1Cl.O=Cc1c(Cl)cc(Br)cc1Cl.OCc1c(Cl)cc(Br)cc1Cl.OCc1ccccc1.[B].[Br-].[CH2-]CCC.[H-].[H-].[Li+].[Mg+2].[Na+]. The first-order valence-electron chi connectivity index (χ1n) is 37.4. The van der Waals surface area contributed by atoms with Crippen molar-refractivity contribution in [3.8, 4) is 17.2 Å². The molecule has 0 unspecified atom stereocenters. The number of halogens is 24. The van der Waals surface area contributed by atoms with Crippen LogP contribution in [0, 0.1) is 31.6 Å². The minimum absolute atomic E-state index is 0. The molecular formula is C93H80BBr10Cl10F2I2LiMgN4NaO11S. The first-order chi connectivity index (χ1) is 62.6. The number of aldehydes is 2. The number of rotatable bonds is 17. The maximum Gasteiger partial charge on any atom is 2.00 e. The number of unbranched alkanes of at least 4 members (excludes halogenated alkanes) is 1. The molecule has 3 radical (unpaired) electrons. The molecule has 0 aliphatic heterocycles. The number of thioether (sulfide) groups is 1. The molecule has 137 heavy (non-hydrogen) atoms. The van der Waals surface area contributed by atoms with E-state index in [1.54, 1.807) is 91.9 Å². The molecule has 0 amide bonds. The Labute approximate surface area is 1020 Å². The summed E-state index contributed by atoms with van der Waals surface area (Å²) < 4.78 is 54.1. The fraction of sp³-hybridized carbons (Fsp3) is 0.151. The van der Waals surface area contributed by atoms with Crippen LogP contribution in [-0.2, 0) is 36.9 Å². The molecule has 0 atom stereocenters. The van der Waals surface area contributed by atoms with E-state index in [0.29, 0.717) is 89.9 Å². The average Bonchev–Trinajstić information content (AvgIpc) is 0.776. The van der Waals surface area contributed by atoms with Crippen LogP contribution >= 0.6 is 316 Å². The van der Waals surface area contributed by atoms with Crippen molar-refractivity contribution >= 4 is 372 Å². The van der Waals surface area contributed by atoms with Gasteiger partial charge in [0.15, 0.2) is 29.9 Å². The van der Waals surface area contributed by atoms with Gasteiger partial charge in [0.1, 0.15) is 43.2 Å². The molecule has 13 rings (SSSR count). The summed E-state index contributed by atoms with van der Waals surface area (Å²) in [6.45, 7) is 13.3. The van der Waals surface area contributed by atoms with Crippen molar-refractivity contribution in [2.24, 2.45) is 5.92 Å². The number of aromatic nitrogens is 4. The van der Waals surface area contributed by atoms with E-state index in [0.717, 1.165) is 93.8 Å². The van der Waals surface area contributed by atoms with Gasteiger partial charge in [-0.05, 0) is 240 Å². The number of aliphatic hydroxyl groups excluding tert-OH is 2. The van der Waals surface area contributed by atoms with Crippen molar-refractivity contribution in [1.29, 1.82) is 0 Å². The standard InChI is InChI=1S/C20H18BrNO2S.C12H9BrINO.C8H5BrCl2O2.C7H3BrCl2O2.C7H5BrCl2O.2C7H3BrCl2O.C7H8O.C5H2BrFIN.C5H3BrFN.C4H10.C4H9.B.BrH.Li.Mg.Na.2H/c1-23-17-9-7-16(8-10-17)14-25-19-11-20(21)22-12-18(19)24-13-15-5-3-2-4-6-15;13-12-6-10(14)11(7-15-12)16-8-9-4-2-1-3-5-9;1-13-8(12)7-5(10)2-4(9)3-6(7)11;8-3-1-4(9)6(7(11)12)5(10)2-3;3*8-4-1-6(9)5(3-11)7(10)2-4;8-6-7-4-2-1-3-5-7;6-5-1-4(8)3(7)2-9-5;6-5-2-1-4(7)3-8-5;1-4(2)3;1-3-4-2;;;;;;;/h2-12H,13-14H2,1H3;1-7H,8H2;2-3H,1H3;1-2H,(H,11,12);1-2,11H,3H2;2*1-3H;1-5,8H,6H2;1-2H;1-3H;4H,1-3H3;1,3-4H2,2H3;;1H;;;;;/q;;;;;;;;;;;-1;;;+1;+2;+1;2*-1/p-1. The van der Waals surface area contributed by atoms with Gasteiger partial charge in [-0.1, -0.05) is 333 Å². The van der Waals surface area contributed by atoms with E-state index >= 15 is 0 Å². The zero-order chi connectivity index (χ0) is 99.1.